The van der Waals surface area contributed by atoms with Gasteiger partial charge < -0.3 is 13.7 Å². The summed E-state index contributed by atoms with van der Waals surface area (Å²) >= 11 is 0. The number of rotatable bonds is 4. The SMILES string of the molecule is COc1nc(C2=NC(c3cc4ccc(F)cc4o3)CON2)ccc1-n1cnc(C)c1. The highest BCUT2D eigenvalue weighted by molar-refractivity contribution is 5.97. The van der Waals surface area contributed by atoms with Crippen LogP contribution in [0.2, 0.25) is 0 Å². The predicted molar refractivity (Wildman–Crippen MR) is 107 cm³/mol. The first-order valence-corrected chi connectivity index (χ1v) is 9.31. The van der Waals surface area contributed by atoms with Gasteiger partial charge in [0.15, 0.2) is 5.84 Å². The summed E-state index contributed by atoms with van der Waals surface area (Å²) in [5, 5.41) is 0.807. The quantitative estimate of drug-likeness (QED) is 0.557. The average Bonchev–Trinajstić information content (AvgIpc) is 3.39. The van der Waals surface area contributed by atoms with Crippen molar-refractivity contribution in [1.82, 2.24) is 20.0 Å². The van der Waals surface area contributed by atoms with Crippen LogP contribution < -0.4 is 10.2 Å². The monoisotopic (exact) mass is 407 g/mol. The van der Waals surface area contributed by atoms with E-state index in [1.54, 1.807) is 19.5 Å². The van der Waals surface area contributed by atoms with Crippen LogP contribution in [0.5, 0.6) is 5.88 Å². The second-order valence-electron chi connectivity index (χ2n) is 6.88. The number of hydroxylamine groups is 1. The number of halogens is 1. The number of fused-ring (bicyclic) bond motifs is 1. The van der Waals surface area contributed by atoms with Crippen molar-refractivity contribution in [1.29, 1.82) is 0 Å². The molecule has 1 aliphatic rings. The standard InChI is InChI=1S/C21H18FN5O3/c1-12-9-27(11-23-12)17-6-5-15(25-21(17)28-2)20-24-16(10-29-26-20)19-7-13-3-4-14(22)8-18(13)30-19/h3-9,11,16H,10H2,1-2H3,(H,24,26). The second kappa shape index (κ2) is 7.27. The van der Waals surface area contributed by atoms with Crippen LogP contribution in [0.4, 0.5) is 4.39 Å². The van der Waals surface area contributed by atoms with Gasteiger partial charge in [0.05, 0.1) is 19.1 Å². The Morgan fingerprint density at radius 2 is 2.13 bits per heavy atom. The van der Waals surface area contributed by atoms with Crippen LogP contribution in [0.3, 0.4) is 0 Å². The van der Waals surface area contributed by atoms with Gasteiger partial charge in [-0.25, -0.2) is 19.8 Å². The first-order valence-electron chi connectivity index (χ1n) is 9.31. The van der Waals surface area contributed by atoms with E-state index in [1.807, 2.05) is 35.9 Å². The number of hydrogen-bond acceptors (Lipinski definition) is 7. The number of aryl methyl sites for hydroxylation is 1. The van der Waals surface area contributed by atoms with Gasteiger partial charge in [0, 0.05) is 17.6 Å². The molecule has 0 saturated heterocycles. The molecule has 0 saturated carbocycles. The topological polar surface area (TPSA) is 86.7 Å². The summed E-state index contributed by atoms with van der Waals surface area (Å²) in [5.74, 6) is 1.12. The Bertz CT molecular complexity index is 1260. The molecule has 0 aliphatic carbocycles. The summed E-state index contributed by atoms with van der Waals surface area (Å²) in [6.07, 6.45) is 3.59. The number of aromatic nitrogens is 3. The zero-order valence-corrected chi connectivity index (χ0v) is 16.3. The summed E-state index contributed by atoms with van der Waals surface area (Å²) in [5.41, 5.74) is 5.48. The molecule has 5 rings (SSSR count). The van der Waals surface area contributed by atoms with Crippen LogP contribution in [0.25, 0.3) is 16.7 Å². The van der Waals surface area contributed by atoms with Gasteiger partial charge in [-0.15, -0.1) is 0 Å². The molecule has 0 bridgehead atoms. The third-order valence-electron chi connectivity index (χ3n) is 4.79. The Morgan fingerprint density at radius 3 is 2.93 bits per heavy atom. The fraction of sp³-hybridized carbons (Fsp3) is 0.190. The van der Waals surface area contributed by atoms with Gasteiger partial charge in [-0.2, -0.15) is 0 Å². The van der Waals surface area contributed by atoms with E-state index in [-0.39, 0.29) is 18.5 Å². The van der Waals surface area contributed by atoms with Crippen molar-refractivity contribution in [2.45, 2.75) is 13.0 Å². The molecule has 30 heavy (non-hydrogen) atoms. The third kappa shape index (κ3) is 3.29. The lowest BCUT2D eigenvalue weighted by Crippen LogP contribution is -2.33. The first kappa shape index (κ1) is 18.3. The fourth-order valence-electron chi connectivity index (χ4n) is 3.33. The molecule has 3 aromatic heterocycles. The molecule has 1 unspecified atom stereocenters. The van der Waals surface area contributed by atoms with E-state index in [1.165, 1.54) is 12.1 Å². The number of hydrogen-bond donors (Lipinski definition) is 1. The number of methoxy groups -OCH3 is 1. The molecule has 1 N–H and O–H groups in total. The van der Waals surface area contributed by atoms with Gasteiger partial charge in [-0.3, -0.25) is 9.83 Å². The van der Waals surface area contributed by atoms with Gasteiger partial charge in [-0.1, -0.05) is 0 Å². The number of nitrogens with zero attached hydrogens (tertiary/aromatic N) is 4. The van der Waals surface area contributed by atoms with Crippen molar-refractivity contribution in [3.05, 3.63) is 71.9 Å². The van der Waals surface area contributed by atoms with Crippen molar-refractivity contribution in [2.24, 2.45) is 4.99 Å². The van der Waals surface area contributed by atoms with Crippen molar-refractivity contribution in [3.8, 4) is 11.6 Å². The lowest BCUT2D eigenvalue weighted by atomic mass is 10.2. The van der Waals surface area contributed by atoms with Gasteiger partial charge in [0.1, 0.15) is 41.2 Å². The molecular formula is C21H18FN5O3. The Kier molecular flexibility index (Phi) is 4.44. The van der Waals surface area contributed by atoms with Gasteiger partial charge >= 0.3 is 0 Å². The van der Waals surface area contributed by atoms with E-state index in [0.717, 1.165) is 16.8 Å². The minimum Gasteiger partial charge on any atom is -0.479 e. The second-order valence-corrected chi connectivity index (χ2v) is 6.88. The number of benzene rings is 1. The highest BCUT2D eigenvalue weighted by atomic mass is 19.1. The summed E-state index contributed by atoms with van der Waals surface area (Å²) in [7, 11) is 1.56. The Hall–Kier alpha value is -3.72. The summed E-state index contributed by atoms with van der Waals surface area (Å²) < 4.78 is 26.5. The number of furan rings is 1. The van der Waals surface area contributed by atoms with Crippen LogP contribution in [0.15, 0.2) is 58.3 Å². The maximum absolute atomic E-state index is 13.5. The number of pyridine rings is 1. The highest BCUT2D eigenvalue weighted by Gasteiger charge is 2.23. The normalized spacial score (nSPS) is 16.4. The molecule has 152 valence electrons. The van der Waals surface area contributed by atoms with Crippen LogP contribution >= 0.6 is 0 Å². The minimum atomic E-state index is -0.388. The Morgan fingerprint density at radius 1 is 1.23 bits per heavy atom. The van der Waals surface area contributed by atoms with E-state index in [2.05, 4.69) is 20.4 Å². The summed E-state index contributed by atoms with van der Waals surface area (Å²) in [4.78, 5) is 19.0. The van der Waals surface area contributed by atoms with Crippen molar-refractivity contribution in [2.75, 3.05) is 13.7 Å². The van der Waals surface area contributed by atoms with Crippen LogP contribution in [-0.2, 0) is 4.84 Å². The highest BCUT2D eigenvalue weighted by Crippen LogP contribution is 2.29. The lowest BCUT2D eigenvalue weighted by Gasteiger charge is -2.20. The van der Waals surface area contributed by atoms with Crippen LogP contribution in [-0.4, -0.2) is 34.1 Å². The molecule has 8 nitrogen and oxygen atoms in total. The number of amidine groups is 1. The zero-order chi connectivity index (χ0) is 20.7. The maximum atomic E-state index is 13.5. The molecule has 1 aliphatic heterocycles. The first-order chi connectivity index (χ1) is 14.6. The molecule has 0 amide bonds. The van der Waals surface area contributed by atoms with Gasteiger partial charge in [-0.05, 0) is 37.3 Å². The van der Waals surface area contributed by atoms with E-state index in [9.17, 15) is 4.39 Å². The molecule has 0 radical (unpaired) electrons. The molecule has 1 atom stereocenters. The van der Waals surface area contributed by atoms with Gasteiger partial charge in [0.25, 0.3) is 0 Å². The predicted octanol–water partition coefficient (Wildman–Crippen LogP) is 3.49. The van der Waals surface area contributed by atoms with E-state index < -0.39 is 0 Å². The summed E-state index contributed by atoms with van der Waals surface area (Å²) in [6, 6.07) is 9.57. The Balaban J connectivity index is 1.49. The van der Waals surface area contributed by atoms with E-state index in [4.69, 9.17) is 14.0 Å². The van der Waals surface area contributed by atoms with E-state index >= 15 is 0 Å². The van der Waals surface area contributed by atoms with Crippen LogP contribution in [0, 0.1) is 12.7 Å². The molecule has 0 spiro atoms. The number of ether oxygens (including phenoxy) is 1. The summed E-state index contributed by atoms with van der Waals surface area (Å²) in [6.45, 7) is 2.19. The lowest BCUT2D eigenvalue weighted by molar-refractivity contribution is 0.0581. The van der Waals surface area contributed by atoms with Gasteiger partial charge in [0.2, 0.25) is 5.88 Å². The minimum absolute atomic E-state index is 0.273. The largest absolute Gasteiger partial charge is 0.479 e. The third-order valence-corrected chi connectivity index (χ3v) is 4.79. The molecule has 1 aromatic carbocycles. The van der Waals surface area contributed by atoms with Crippen molar-refractivity contribution < 1.29 is 18.4 Å². The average molecular weight is 407 g/mol. The van der Waals surface area contributed by atoms with Crippen molar-refractivity contribution in [3.63, 3.8) is 0 Å². The molecule has 4 heterocycles. The van der Waals surface area contributed by atoms with Crippen LogP contribution in [0.1, 0.15) is 23.2 Å². The molecule has 9 heteroatoms. The molecule has 4 aromatic rings. The number of imidazole rings is 1. The maximum Gasteiger partial charge on any atom is 0.238 e. The molecular weight excluding hydrogens is 389 g/mol. The smallest absolute Gasteiger partial charge is 0.238 e. The van der Waals surface area contributed by atoms with Crippen molar-refractivity contribution >= 4 is 16.8 Å². The zero-order valence-electron chi connectivity index (χ0n) is 16.3. The number of nitrogens with one attached hydrogen (secondary N) is 1. The fourth-order valence-corrected chi connectivity index (χ4v) is 3.33. The Labute approximate surface area is 170 Å². The molecule has 0 fully saturated rings. The number of aliphatic imine (C=N–C) groups is 1. The van der Waals surface area contributed by atoms with E-state index in [0.29, 0.717) is 28.8 Å².